The standard InChI is InChI=1S/C28H32FN3O7S/c1-17(2)14-20(31-27(34)24-15-18-8-6-11-23(38-3)26(18)39-24)28(35)32(21-10-7-13-30-16-22(21)33)40(36,37)25-12-5-4-9-19(25)29/h4-6,8-9,11-12,15,17,20-21,30H,7,10,13-14,16H2,1-3H3,(H,31,34)/t20-,21?/m0/s1. The Bertz CT molecular complexity index is 1520. The van der Waals surface area contributed by atoms with Crippen LogP contribution in [0.5, 0.6) is 5.75 Å². The van der Waals surface area contributed by atoms with Gasteiger partial charge in [-0.2, -0.15) is 0 Å². The van der Waals surface area contributed by atoms with Crippen LogP contribution < -0.4 is 15.4 Å². The lowest BCUT2D eigenvalue weighted by Gasteiger charge is -2.33. The van der Waals surface area contributed by atoms with Gasteiger partial charge in [0.05, 0.1) is 13.7 Å². The van der Waals surface area contributed by atoms with Crippen LogP contribution in [-0.4, -0.2) is 62.6 Å². The number of hydrogen-bond donors (Lipinski definition) is 2. The van der Waals surface area contributed by atoms with Gasteiger partial charge in [0.2, 0.25) is 0 Å². The first-order chi connectivity index (χ1) is 19.0. The fourth-order valence-electron chi connectivity index (χ4n) is 4.74. The van der Waals surface area contributed by atoms with Gasteiger partial charge in [-0.25, -0.2) is 17.1 Å². The Hall–Kier alpha value is -3.77. The summed E-state index contributed by atoms with van der Waals surface area (Å²) in [6, 6.07) is 8.56. The molecule has 1 aliphatic heterocycles. The molecule has 12 heteroatoms. The van der Waals surface area contributed by atoms with Gasteiger partial charge < -0.3 is 19.8 Å². The van der Waals surface area contributed by atoms with Gasteiger partial charge in [0, 0.05) is 5.39 Å². The zero-order valence-corrected chi connectivity index (χ0v) is 23.3. The van der Waals surface area contributed by atoms with E-state index in [-0.39, 0.29) is 31.1 Å². The van der Waals surface area contributed by atoms with E-state index in [9.17, 15) is 27.2 Å². The fourth-order valence-corrected chi connectivity index (χ4v) is 6.44. The molecule has 0 saturated carbocycles. The summed E-state index contributed by atoms with van der Waals surface area (Å²) in [5.41, 5.74) is 0.335. The van der Waals surface area contributed by atoms with Crippen LogP contribution in [0.2, 0.25) is 0 Å². The van der Waals surface area contributed by atoms with Crippen LogP contribution in [-0.2, 0) is 19.6 Å². The number of methoxy groups -OCH3 is 1. The summed E-state index contributed by atoms with van der Waals surface area (Å²) in [5, 5.41) is 6.11. The van der Waals surface area contributed by atoms with Crippen LogP contribution in [0, 0.1) is 11.7 Å². The van der Waals surface area contributed by atoms with Crippen molar-refractivity contribution in [1.82, 2.24) is 14.9 Å². The number of halogens is 1. The molecule has 10 nitrogen and oxygen atoms in total. The Morgan fingerprint density at radius 2 is 1.95 bits per heavy atom. The molecule has 0 bridgehead atoms. The lowest BCUT2D eigenvalue weighted by atomic mass is 10.0. The van der Waals surface area contributed by atoms with Crippen molar-refractivity contribution in [2.75, 3.05) is 20.2 Å². The first kappa shape index (κ1) is 29.2. The molecular formula is C28H32FN3O7S. The number of fused-ring (bicyclic) bond motifs is 1. The van der Waals surface area contributed by atoms with E-state index in [1.54, 1.807) is 32.0 Å². The van der Waals surface area contributed by atoms with E-state index < -0.39 is 50.4 Å². The number of carbonyl (C=O) groups is 3. The molecule has 1 aromatic heterocycles. The third kappa shape index (κ3) is 6.02. The van der Waals surface area contributed by atoms with Gasteiger partial charge in [0.1, 0.15) is 22.8 Å². The quantitative estimate of drug-likeness (QED) is 0.398. The Morgan fingerprint density at radius 3 is 2.65 bits per heavy atom. The van der Waals surface area contributed by atoms with Crippen molar-refractivity contribution in [3.63, 3.8) is 0 Å². The zero-order valence-electron chi connectivity index (χ0n) is 22.5. The number of nitrogens with zero attached hydrogens (tertiary/aromatic N) is 1. The van der Waals surface area contributed by atoms with Gasteiger partial charge in [-0.05, 0) is 56.0 Å². The fraction of sp³-hybridized carbons (Fsp3) is 0.393. The van der Waals surface area contributed by atoms with Crippen molar-refractivity contribution < 1.29 is 36.3 Å². The second-order valence-electron chi connectivity index (χ2n) is 10.0. The number of sulfonamides is 1. The van der Waals surface area contributed by atoms with Crippen LogP contribution in [0.25, 0.3) is 11.0 Å². The SMILES string of the molecule is COc1cccc2cc(C(=O)N[C@@H](CC(C)C)C(=O)N(C3CCCNCC3=O)S(=O)(=O)c3ccccc3F)oc12. The predicted molar refractivity (Wildman–Crippen MR) is 145 cm³/mol. The Balaban J connectivity index is 1.74. The number of furan rings is 1. The molecule has 2 N–H and O–H groups in total. The van der Waals surface area contributed by atoms with E-state index in [1.807, 2.05) is 0 Å². The molecule has 1 aliphatic rings. The van der Waals surface area contributed by atoms with E-state index >= 15 is 0 Å². The molecule has 40 heavy (non-hydrogen) atoms. The van der Waals surface area contributed by atoms with Crippen LogP contribution >= 0.6 is 0 Å². The summed E-state index contributed by atoms with van der Waals surface area (Å²) in [7, 11) is -3.36. The molecule has 0 aliphatic carbocycles. The summed E-state index contributed by atoms with van der Waals surface area (Å²) in [5.74, 6) is -3.22. The van der Waals surface area contributed by atoms with Crippen molar-refractivity contribution in [2.45, 2.75) is 50.1 Å². The number of amides is 2. The number of nitrogens with one attached hydrogen (secondary N) is 2. The molecule has 2 aromatic carbocycles. The summed E-state index contributed by atoms with van der Waals surface area (Å²) in [6.45, 7) is 3.90. The Labute approximate surface area is 231 Å². The first-order valence-corrected chi connectivity index (χ1v) is 14.4. The van der Waals surface area contributed by atoms with Crippen molar-refractivity contribution >= 4 is 38.6 Å². The number of para-hydroxylation sites is 1. The van der Waals surface area contributed by atoms with E-state index in [0.717, 1.165) is 12.1 Å². The molecule has 2 amide bonds. The highest BCUT2D eigenvalue weighted by molar-refractivity contribution is 7.89. The topological polar surface area (TPSA) is 135 Å². The molecule has 3 aromatic rings. The van der Waals surface area contributed by atoms with E-state index in [1.165, 1.54) is 25.3 Å². The van der Waals surface area contributed by atoms with Crippen LogP contribution in [0.1, 0.15) is 43.7 Å². The van der Waals surface area contributed by atoms with Gasteiger partial charge in [-0.1, -0.05) is 38.1 Å². The highest BCUT2D eigenvalue weighted by atomic mass is 32.2. The minimum Gasteiger partial charge on any atom is -0.493 e. The second kappa shape index (κ2) is 12.2. The number of ketones is 1. The molecule has 214 valence electrons. The Kier molecular flexibility index (Phi) is 8.89. The highest BCUT2D eigenvalue weighted by Crippen LogP contribution is 2.29. The normalized spacial score (nSPS) is 16.9. The molecule has 0 spiro atoms. The zero-order chi connectivity index (χ0) is 29.0. The summed E-state index contributed by atoms with van der Waals surface area (Å²) >= 11 is 0. The average molecular weight is 574 g/mol. The predicted octanol–water partition coefficient (Wildman–Crippen LogP) is 3.26. The monoisotopic (exact) mass is 573 g/mol. The molecule has 2 heterocycles. The van der Waals surface area contributed by atoms with Gasteiger partial charge in [0.15, 0.2) is 22.9 Å². The van der Waals surface area contributed by atoms with Crippen LogP contribution in [0.3, 0.4) is 0 Å². The van der Waals surface area contributed by atoms with E-state index in [4.69, 9.17) is 9.15 Å². The molecular weight excluding hydrogens is 541 g/mol. The van der Waals surface area contributed by atoms with E-state index in [2.05, 4.69) is 10.6 Å². The lowest BCUT2D eigenvalue weighted by molar-refractivity contribution is -0.135. The Morgan fingerprint density at radius 1 is 1.20 bits per heavy atom. The maximum Gasteiger partial charge on any atom is 0.287 e. The van der Waals surface area contributed by atoms with Crippen molar-refractivity contribution in [3.05, 3.63) is 60.1 Å². The molecule has 1 saturated heterocycles. The van der Waals surface area contributed by atoms with Crippen molar-refractivity contribution in [3.8, 4) is 5.75 Å². The van der Waals surface area contributed by atoms with Crippen molar-refractivity contribution in [2.24, 2.45) is 5.92 Å². The number of rotatable bonds is 9. The van der Waals surface area contributed by atoms with Gasteiger partial charge in [-0.3, -0.25) is 14.4 Å². The summed E-state index contributed by atoms with van der Waals surface area (Å²) in [6.07, 6.45) is 0.516. The second-order valence-corrected chi connectivity index (χ2v) is 11.8. The molecule has 4 rings (SSSR count). The maximum atomic E-state index is 14.8. The number of carbonyl (C=O) groups excluding carboxylic acids is 3. The van der Waals surface area contributed by atoms with Gasteiger partial charge in [0.25, 0.3) is 21.8 Å². The molecule has 1 fully saturated rings. The number of ether oxygens (including phenoxy) is 1. The van der Waals surface area contributed by atoms with E-state index in [0.29, 0.717) is 34.0 Å². The lowest BCUT2D eigenvalue weighted by Crippen LogP contribution is -2.56. The van der Waals surface area contributed by atoms with Crippen LogP contribution in [0.15, 0.2) is 57.8 Å². The van der Waals surface area contributed by atoms with Gasteiger partial charge >= 0.3 is 0 Å². The minimum atomic E-state index is -4.82. The van der Waals surface area contributed by atoms with Gasteiger partial charge in [-0.15, -0.1) is 0 Å². The number of hydrogen-bond acceptors (Lipinski definition) is 8. The summed E-state index contributed by atoms with van der Waals surface area (Å²) in [4.78, 5) is 39.7. The third-order valence-corrected chi connectivity index (χ3v) is 8.48. The number of Topliss-reactive ketones (excluding diaryl/α,β-unsaturated/α-hetero) is 1. The maximum absolute atomic E-state index is 14.8. The molecule has 1 unspecified atom stereocenters. The summed E-state index contributed by atoms with van der Waals surface area (Å²) < 4.78 is 53.9. The van der Waals surface area contributed by atoms with Crippen LogP contribution in [0.4, 0.5) is 4.39 Å². The minimum absolute atomic E-state index is 0.0522. The average Bonchev–Trinajstić information content (AvgIpc) is 3.25. The largest absolute Gasteiger partial charge is 0.493 e. The third-order valence-electron chi connectivity index (χ3n) is 6.64. The smallest absolute Gasteiger partial charge is 0.287 e. The molecule has 2 atom stereocenters. The number of benzene rings is 2. The molecule has 0 radical (unpaired) electrons. The van der Waals surface area contributed by atoms with Crippen molar-refractivity contribution in [1.29, 1.82) is 0 Å². The first-order valence-electron chi connectivity index (χ1n) is 13.0. The highest BCUT2D eigenvalue weighted by Gasteiger charge is 2.44.